The van der Waals surface area contributed by atoms with E-state index in [0.717, 1.165) is 0 Å². The van der Waals surface area contributed by atoms with Crippen molar-refractivity contribution in [1.82, 2.24) is 0 Å². The van der Waals surface area contributed by atoms with Crippen molar-refractivity contribution in [3.05, 3.63) is 34.9 Å². The molecule has 0 aliphatic heterocycles. The molecule has 30 heavy (non-hydrogen) atoms. The van der Waals surface area contributed by atoms with Gasteiger partial charge in [0.15, 0.2) is 0 Å². The Morgan fingerprint density at radius 3 is 1.47 bits per heavy atom. The highest BCUT2D eigenvalue weighted by molar-refractivity contribution is 9.25. The Balaban J connectivity index is 3.00. The number of rotatable bonds is 12. The maximum atomic E-state index is 12.6. The molecule has 12 heteroatoms. The van der Waals surface area contributed by atoms with Gasteiger partial charge in [0.05, 0.1) is 47.7 Å². The van der Waals surface area contributed by atoms with Crippen LogP contribution in [0.15, 0.2) is 18.2 Å². The predicted molar refractivity (Wildman–Crippen MR) is 136 cm³/mol. The molecule has 6 nitrogen and oxygen atoms in total. The Bertz CT molecular complexity index is 725. The minimum absolute atomic E-state index is 0.000492. The molecule has 1 aromatic carbocycles. The lowest BCUT2D eigenvalue weighted by Gasteiger charge is -2.12. The summed E-state index contributed by atoms with van der Waals surface area (Å²) < 4.78 is 15.6. The quantitative estimate of drug-likeness (QED) is 0.133. The molecule has 0 saturated carbocycles. The van der Waals surface area contributed by atoms with Gasteiger partial charge in [0, 0.05) is 19.3 Å². The average molecular weight is 810 g/mol. The van der Waals surface area contributed by atoms with Crippen molar-refractivity contribution in [3.8, 4) is 0 Å². The van der Waals surface area contributed by atoms with Gasteiger partial charge in [-0.1, -0.05) is 95.6 Å². The standard InChI is InChI=1S/C18H18Br6O6/c19-13(20)3-6-28-16(25)10-1-2-11(17(26)29-7-4-14(21)22)12(9-10)18(27)30-8-5-15(23)24/h1-2,9,13-15H,3-8H2. The third-order valence-corrected chi connectivity index (χ3v) is 6.15. The second-order valence-corrected chi connectivity index (χ2v) is 16.0. The van der Waals surface area contributed by atoms with Crippen molar-refractivity contribution >= 4 is 113 Å². The van der Waals surface area contributed by atoms with Gasteiger partial charge < -0.3 is 14.2 Å². The van der Waals surface area contributed by atoms with Gasteiger partial charge in [0.2, 0.25) is 0 Å². The van der Waals surface area contributed by atoms with E-state index >= 15 is 0 Å². The van der Waals surface area contributed by atoms with E-state index in [2.05, 4.69) is 95.6 Å². The highest BCUT2D eigenvalue weighted by Gasteiger charge is 2.23. The number of esters is 3. The van der Waals surface area contributed by atoms with Crippen LogP contribution in [0.4, 0.5) is 0 Å². The Morgan fingerprint density at radius 2 is 1.03 bits per heavy atom. The monoisotopic (exact) mass is 804 g/mol. The first kappa shape index (κ1) is 28.5. The van der Waals surface area contributed by atoms with Crippen LogP contribution in [0.25, 0.3) is 0 Å². The minimum atomic E-state index is -0.725. The van der Waals surface area contributed by atoms with Gasteiger partial charge >= 0.3 is 17.9 Å². The fourth-order valence-electron chi connectivity index (χ4n) is 1.98. The fraction of sp³-hybridized carbons (Fsp3) is 0.500. The third-order valence-electron chi connectivity index (χ3n) is 3.40. The van der Waals surface area contributed by atoms with Gasteiger partial charge in [-0.25, -0.2) is 14.4 Å². The van der Waals surface area contributed by atoms with Crippen LogP contribution in [0.1, 0.15) is 50.3 Å². The summed E-state index contributed by atoms with van der Waals surface area (Å²) in [4.78, 5) is 37.3. The minimum Gasteiger partial charge on any atom is -0.462 e. The highest BCUT2D eigenvalue weighted by atomic mass is 79.9. The van der Waals surface area contributed by atoms with E-state index in [1.165, 1.54) is 18.2 Å². The summed E-state index contributed by atoms with van der Waals surface area (Å²) >= 11 is 19.8. The molecule has 0 fully saturated rings. The molecule has 0 bridgehead atoms. The van der Waals surface area contributed by atoms with Crippen LogP contribution in [0, 0.1) is 0 Å². The number of carbonyl (C=O) groups is 3. The molecule has 0 unspecified atom stereocenters. The van der Waals surface area contributed by atoms with Crippen molar-refractivity contribution in [1.29, 1.82) is 0 Å². The average Bonchev–Trinajstić information content (AvgIpc) is 2.66. The number of carbonyl (C=O) groups excluding carboxylic acids is 3. The van der Waals surface area contributed by atoms with Crippen molar-refractivity contribution < 1.29 is 28.6 Å². The van der Waals surface area contributed by atoms with Crippen molar-refractivity contribution in [2.75, 3.05) is 19.8 Å². The second kappa shape index (κ2) is 15.4. The van der Waals surface area contributed by atoms with E-state index in [9.17, 15) is 14.4 Å². The summed E-state index contributed by atoms with van der Waals surface area (Å²) in [5, 5.41) is 0. The lowest BCUT2D eigenvalue weighted by atomic mass is 10.0. The zero-order chi connectivity index (χ0) is 22.7. The Kier molecular flexibility index (Phi) is 14.6. The second-order valence-electron chi connectivity index (χ2n) is 5.71. The van der Waals surface area contributed by atoms with Crippen LogP contribution < -0.4 is 0 Å². The molecule has 1 rings (SSSR count). The van der Waals surface area contributed by atoms with Crippen LogP contribution in [-0.4, -0.2) is 48.9 Å². The SMILES string of the molecule is O=C(OCCC(Br)Br)c1ccc(C(=O)OCCC(Br)Br)c(C(=O)OCCC(Br)Br)c1. The molecule has 0 aliphatic rings. The largest absolute Gasteiger partial charge is 0.462 e. The van der Waals surface area contributed by atoms with E-state index in [-0.39, 0.29) is 47.7 Å². The summed E-state index contributed by atoms with van der Waals surface area (Å²) in [6, 6.07) is 4.07. The van der Waals surface area contributed by atoms with Gasteiger partial charge in [0.1, 0.15) is 0 Å². The van der Waals surface area contributed by atoms with Gasteiger partial charge in [-0.05, 0) is 18.2 Å². The smallest absolute Gasteiger partial charge is 0.339 e. The summed E-state index contributed by atoms with van der Waals surface area (Å²) in [5.74, 6) is -2.01. The Morgan fingerprint density at radius 1 is 0.633 bits per heavy atom. The number of alkyl halides is 6. The van der Waals surface area contributed by atoms with Crippen LogP contribution in [0.3, 0.4) is 0 Å². The van der Waals surface area contributed by atoms with E-state index < -0.39 is 17.9 Å². The molecule has 1 aromatic rings. The molecule has 0 spiro atoms. The first-order valence-electron chi connectivity index (χ1n) is 8.61. The molecule has 0 aromatic heterocycles. The molecule has 0 saturated heterocycles. The topological polar surface area (TPSA) is 78.9 Å². The molecule has 0 radical (unpaired) electrons. The lowest BCUT2D eigenvalue weighted by molar-refractivity contribution is 0.0455. The number of ether oxygens (including phenoxy) is 3. The molecule has 0 aliphatic carbocycles. The van der Waals surface area contributed by atoms with Crippen molar-refractivity contribution in [3.63, 3.8) is 0 Å². The van der Waals surface area contributed by atoms with Crippen LogP contribution in [0.5, 0.6) is 0 Å². The molecule has 0 heterocycles. The zero-order valence-electron chi connectivity index (χ0n) is 15.4. The van der Waals surface area contributed by atoms with Crippen molar-refractivity contribution in [2.24, 2.45) is 0 Å². The molecule has 0 amide bonds. The first-order valence-corrected chi connectivity index (χ1v) is 14.1. The summed E-state index contributed by atoms with van der Waals surface area (Å²) in [6.45, 7) is 0.449. The Labute approximate surface area is 225 Å². The van der Waals surface area contributed by atoms with E-state index in [1.807, 2.05) is 0 Å². The van der Waals surface area contributed by atoms with Gasteiger partial charge in [-0.3, -0.25) is 0 Å². The normalized spacial score (nSPS) is 11.1. The number of hydrogen-bond donors (Lipinski definition) is 0. The number of benzene rings is 1. The van der Waals surface area contributed by atoms with Crippen LogP contribution in [-0.2, 0) is 14.2 Å². The van der Waals surface area contributed by atoms with Gasteiger partial charge in [0.25, 0.3) is 0 Å². The number of hydrogen-bond acceptors (Lipinski definition) is 6. The molecular formula is C18H18Br6O6. The van der Waals surface area contributed by atoms with Gasteiger partial charge in [-0.2, -0.15) is 0 Å². The zero-order valence-corrected chi connectivity index (χ0v) is 24.9. The van der Waals surface area contributed by atoms with E-state index in [0.29, 0.717) is 19.3 Å². The maximum Gasteiger partial charge on any atom is 0.339 e. The fourth-order valence-corrected chi connectivity index (χ4v) is 3.10. The maximum absolute atomic E-state index is 12.6. The summed E-state index contributed by atoms with van der Waals surface area (Å²) in [7, 11) is 0. The molecule has 0 atom stereocenters. The van der Waals surface area contributed by atoms with Crippen LogP contribution in [0.2, 0.25) is 0 Å². The van der Waals surface area contributed by atoms with Crippen LogP contribution >= 0.6 is 95.6 Å². The molecule has 0 N–H and O–H groups in total. The predicted octanol–water partition coefficient (Wildman–Crippen LogP) is 6.68. The molecule has 168 valence electrons. The molecular weight excluding hydrogens is 792 g/mol. The number of halogens is 6. The third kappa shape index (κ3) is 11.4. The first-order chi connectivity index (χ1) is 14.1. The van der Waals surface area contributed by atoms with E-state index in [1.54, 1.807) is 0 Å². The van der Waals surface area contributed by atoms with Gasteiger partial charge in [-0.15, -0.1) is 0 Å². The summed E-state index contributed by atoms with van der Waals surface area (Å²) in [5.41, 5.74) is 0.106. The lowest BCUT2D eigenvalue weighted by Crippen LogP contribution is -2.17. The Hall–Kier alpha value is 0.510. The van der Waals surface area contributed by atoms with E-state index in [4.69, 9.17) is 14.2 Å². The summed E-state index contributed by atoms with van der Waals surface area (Å²) in [6.07, 6.45) is 1.62. The highest BCUT2D eigenvalue weighted by Crippen LogP contribution is 2.19. The van der Waals surface area contributed by atoms with Crippen molar-refractivity contribution in [2.45, 2.75) is 30.5 Å².